The lowest BCUT2D eigenvalue weighted by molar-refractivity contribution is 1.08. The Morgan fingerprint density at radius 1 is 1.42 bits per heavy atom. The van der Waals surface area contributed by atoms with Crippen molar-refractivity contribution in [2.45, 2.75) is 0 Å². The number of aromatic nitrogens is 3. The second-order valence-electron chi connectivity index (χ2n) is 2.11. The van der Waals surface area contributed by atoms with Crippen molar-refractivity contribution in [1.29, 1.82) is 0 Å². The lowest BCUT2D eigenvalue weighted by atomic mass is 10.6. The Morgan fingerprint density at radius 2 is 2.17 bits per heavy atom. The summed E-state index contributed by atoms with van der Waals surface area (Å²) in [5, 5.41) is 0.620. The smallest absolute Gasteiger partial charge is 0.210 e. The fourth-order valence-electron chi connectivity index (χ4n) is 0.891. The van der Waals surface area contributed by atoms with E-state index in [4.69, 9.17) is 23.2 Å². The second kappa shape index (κ2) is 2.87. The first kappa shape index (κ1) is 8.29. The molecule has 0 aliphatic carbocycles. The molecule has 0 saturated heterocycles. The van der Waals surface area contributed by atoms with Gasteiger partial charge in [-0.15, -0.1) is 0 Å². The van der Waals surface area contributed by atoms with Crippen LogP contribution in [0, 0.1) is 0 Å². The summed E-state index contributed by atoms with van der Waals surface area (Å²) < 4.78 is 2.29. The Bertz CT molecular complexity index is 440. The number of fused-ring (bicyclic) bond motifs is 1. The third-order valence-corrected chi connectivity index (χ3v) is 2.91. The van der Waals surface area contributed by atoms with Gasteiger partial charge in [-0.2, -0.15) is 0 Å². The van der Waals surface area contributed by atoms with Crippen molar-refractivity contribution >= 4 is 44.8 Å². The first-order valence-corrected chi connectivity index (χ1v) is 4.58. The third kappa shape index (κ3) is 1.11. The first-order valence-electron chi connectivity index (χ1n) is 3.03. The van der Waals surface area contributed by atoms with Crippen LogP contribution in [-0.2, 0) is 0 Å². The minimum Gasteiger partial charge on any atom is -0.273 e. The summed E-state index contributed by atoms with van der Waals surface area (Å²) in [4.78, 5) is 7.93. The van der Waals surface area contributed by atoms with E-state index in [0.717, 1.165) is 0 Å². The van der Waals surface area contributed by atoms with Gasteiger partial charge in [0.1, 0.15) is 5.15 Å². The molecule has 2 aromatic heterocycles. The number of imidazole rings is 1. The van der Waals surface area contributed by atoms with Gasteiger partial charge in [0, 0.05) is 12.4 Å². The van der Waals surface area contributed by atoms with Gasteiger partial charge < -0.3 is 0 Å². The van der Waals surface area contributed by atoms with Gasteiger partial charge in [-0.1, -0.05) is 11.6 Å². The van der Waals surface area contributed by atoms with Crippen LogP contribution < -0.4 is 0 Å². The van der Waals surface area contributed by atoms with E-state index in [0.29, 0.717) is 20.6 Å². The summed E-state index contributed by atoms with van der Waals surface area (Å²) in [6.07, 6.45) is 3.34. The zero-order chi connectivity index (χ0) is 8.72. The average molecular weight is 267 g/mol. The molecule has 62 valence electrons. The summed E-state index contributed by atoms with van der Waals surface area (Å²) in [7, 11) is 0. The van der Waals surface area contributed by atoms with Crippen LogP contribution in [0.4, 0.5) is 0 Å². The SMILES string of the molecule is Clc1nc(Cl)n2ccnc2c1Br. The van der Waals surface area contributed by atoms with Gasteiger partial charge in [0.2, 0.25) is 5.28 Å². The van der Waals surface area contributed by atoms with E-state index in [1.54, 1.807) is 16.8 Å². The van der Waals surface area contributed by atoms with Crippen LogP contribution in [0.1, 0.15) is 0 Å². The van der Waals surface area contributed by atoms with Gasteiger partial charge in [-0.25, -0.2) is 9.97 Å². The van der Waals surface area contributed by atoms with Crippen LogP contribution >= 0.6 is 39.1 Å². The van der Waals surface area contributed by atoms with Crippen molar-refractivity contribution < 1.29 is 0 Å². The van der Waals surface area contributed by atoms with Crippen LogP contribution in [0.5, 0.6) is 0 Å². The molecule has 0 atom stereocenters. The van der Waals surface area contributed by atoms with Crippen LogP contribution in [0.2, 0.25) is 10.4 Å². The Labute approximate surface area is 86.5 Å². The van der Waals surface area contributed by atoms with E-state index < -0.39 is 0 Å². The van der Waals surface area contributed by atoms with E-state index in [1.165, 1.54) is 0 Å². The molecule has 0 unspecified atom stereocenters. The zero-order valence-electron chi connectivity index (χ0n) is 5.63. The average Bonchev–Trinajstić information content (AvgIpc) is 2.48. The molecule has 0 saturated carbocycles. The molecular weight excluding hydrogens is 265 g/mol. The lowest BCUT2D eigenvalue weighted by Gasteiger charge is -1.99. The highest BCUT2D eigenvalue weighted by molar-refractivity contribution is 9.10. The number of nitrogens with zero attached hydrogens (tertiary/aromatic N) is 3. The molecule has 0 radical (unpaired) electrons. The first-order chi connectivity index (χ1) is 5.70. The van der Waals surface area contributed by atoms with Crippen LogP contribution in [0.3, 0.4) is 0 Å². The molecule has 0 aliphatic rings. The topological polar surface area (TPSA) is 30.2 Å². The number of halogens is 3. The molecule has 0 bridgehead atoms. The summed E-state index contributed by atoms with van der Waals surface area (Å²) in [5.74, 6) is 0. The normalized spacial score (nSPS) is 10.9. The molecule has 0 aliphatic heterocycles. The monoisotopic (exact) mass is 265 g/mol. The third-order valence-electron chi connectivity index (χ3n) is 1.41. The van der Waals surface area contributed by atoms with Crippen LogP contribution in [0.15, 0.2) is 16.9 Å². The van der Waals surface area contributed by atoms with E-state index >= 15 is 0 Å². The molecule has 2 heterocycles. The van der Waals surface area contributed by atoms with Gasteiger partial charge >= 0.3 is 0 Å². The molecule has 12 heavy (non-hydrogen) atoms. The highest BCUT2D eigenvalue weighted by atomic mass is 79.9. The van der Waals surface area contributed by atoms with Gasteiger partial charge in [-0.05, 0) is 27.5 Å². The van der Waals surface area contributed by atoms with Crippen molar-refractivity contribution in [2.75, 3.05) is 0 Å². The molecule has 2 aromatic rings. The number of hydrogen-bond acceptors (Lipinski definition) is 2. The molecule has 0 amide bonds. The van der Waals surface area contributed by atoms with E-state index in [1.807, 2.05) is 0 Å². The van der Waals surface area contributed by atoms with Crippen LogP contribution in [0.25, 0.3) is 5.65 Å². The summed E-state index contributed by atoms with van der Waals surface area (Å²) >= 11 is 14.8. The van der Waals surface area contributed by atoms with Crippen molar-refractivity contribution in [3.8, 4) is 0 Å². The molecule has 0 fully saturated rings. The minimum atomic E-state index is 0.302. The minimum absolute atomic E-state index is 0.302. The maximum Gasteiger partial charge on any atom is 0.210 e. The molecule has 0 aromatic carbocycles. The molecule has 3 nitrogen and oxygen atoms in total. The highest BCUT2D eigenvalue weighted by Gasteiger charge is 2.08. The predicted octanol–water partition coefficient (Wildman–Crippen LogP) is 2.80. The van der Waals surface area contributed by atoms with Gasteiger partial charge in [0.25, 0.3) is 0 Å². The largest absolute Gasteiger partial charge is 0.273 e. The summed E-state index contributed by atoms with van der Waals surface area (Å²) in [6, 6.07) is 0. The maximum absolute atomic E-state index is 5.78. The molecular formula is C6H2BrCl2N3. The lowest BCUT2D eigenvalue weighted by Crippen LogP contribution is -1.91. The number of hydrogen-bond donors (Lipinski definition) is 0. The molecule has 0 spiro atoms. The summed E-state index contributed by atoms with van der Waals surface area (Å²) in [6.45, 7) is 0. The van der Waals surface area contributed by atoms with Crippen molar-refractivity contribution in [1.82, 2.24) is 14.4 Å². The maximum atomic E-state index is 5.78. The standard InChI is InChI=1S/C6H2BrCl2N3/c7-3-4(8)11-6(9)12-2-1-10-5(3)12/h1-2H. The van der Waals surface area contributed by atoms with Gasteiger partial charge in [0.05, 0.1) is 4.47 Å². The molecule has 0 N–H and O–H groups in total. The Kier molecular flexibility index (Phi) is 1.98. The Morgan fingerprint density at radius 3 is 2.92 bits per heavy atom. The van der Waals surface area contributed by atoms with Gasteiger partial charge in [0.15, 0.2) is 5.65 Å². The zero-order valence-corrected chi connectivity index (χ0v) is 8.73. The Balaban J connectivity index is 2.97. The van der Waals surface area contributed by atoms with Crippen LogP contribution in [-0.4, -0.2) is 14.4 Å². The predicted molar refractivity (Wildman–Crippen MR) is 50.7 cm³/mol. The van der Waals surface area contributed by atoms with E-state index in [2.05, 4.69) is 25.9 Å². The molecule has 6 heteroatoms. The highest BCUT2D eigenvalue weighted by Crippen LogP contribution is 2.26. The number of rotatable bonds is 0. The van der Waals surface area contributed by atoms with Crippen molar-refractivity contribution in [3.63, 3.8) is 0 Å². The molecule has 2 rings (SSSR count). The Hall–Kier alpha value is -0.320. The summed E-state index contributed by atoms with van der Waals surface area (Å²) in [5.41, 5.74) is 0.667. The van der Waals surface area contributed by atoms with Crippen molar-refractivity contribution in [3.05, 3.63) is 27.3 Å². The van der Waals surface area contributed by atoms with E-state index in [-0.39, 0.29) is 0 Å². The quantitative estimate of drug-likeness (QED) is 0.542. The second-order valence-corrected chi connectivity index (χ2v) is 3.60. The van der Waals surface area contributed by atoms with Gasteiger partial charge in [-0.3, -0.25) is 4.40 Å². The fourth-order valence-corrected chi connectivity index (χ4v) is 1.70. The van der Waals surface area contributed by atoms with Crippen molar-refractivity contribution in [2.24, 2.45) is 0 Å². The fraction of sp³-hybridized carbons (Fsp3) is 0. The van der Waals surface area contributed by atoms with E-state index in [9.17, 15) is 0 Å².